The van der Waals surface area contributed by atoms with E-state index in [2.05, 4.69) is 18.7 Å². The Morgan fingerprint density at radius 3 is 2.65 bits per heavy atom. The Morgan fingerprint density at radius 1 is 1.45 bits per heavy atom. The van der Waals surface area contributed by atoms with Crippen LogP contribution in [0.4, 0.5) is 0 Å². The van der Waals surface area contributed by atoms with Crippen molar-refractivity contribution in [1.82, 2.24) is 9.80 Å². The Kier molecular flexibility index (Phi) is 5.04. The van der Waals surface area contributed by atoms with E-state index in [1.54, 1.807) is 0 Å². The van der Waals surface area contributed by atoms with E-state index in [9.17, 15) is 9.90 Å². The van der Waals surface area contributed by atoms with Crippen LogP contribution < -0.4 is 0 Å². The summed E-state index contributed by atoms with van der Waals surface area (Å²) in [6, 6.07) is 0.148. The van der Waals surface area contributed by atoms with Crippen LogP contribution in [0.5, 0.6) is 0 Å². The highest BCUT2D eigenvalue weighted by molar-refractivity contribution is 5.83. The maximum Gasteiger partial charge on any atom is 0.240 e. The molecule has 0 radical (unpaired) electrons. The Balaban J connectivity index is 2.14. The number of hydrogen-bond donors (Lipinski definition) is 1. The van der Waals surface area contributed by atoms with E-state index in [1.165, 1.54) is 0 Å². The number of nitrogens with zero attached hydrogens (tertiary/aromatic N) is 2. The van der Waals surface area contributed by atoms with Crippen LogP contribution in [0.15, 0.2) is 0 Å². The molecule has 1 atom stereocenters. The molecule has 0 bridgehead atoms. The highest BCUT2D eigenvalue weighted by Crippen LogP contribution is 2.31. The van der Waals surface area contributed by atoms with Gasteiger partial charge in [-0.25, -0.2) is 0 Å². The molecule has 2 fully saturated rings. The van der Waals surface area contributed by atoms with Crippen molar-refractivity contribution in [1.29, 1.82) is 0 Å². The zero-order valence-electron chi connectivity index (χ0n) is 13.0. The van der Waals surface area contributed by atoms with Gasteiger partial charge in [-0.15, -0.1) is 0 Å². The third-order valence-corrected chi connectivity index (χ3v) is 5.00. The lowest BCUT2D eigenvalue weighted by molar-refractivity contribution is -0.148. The topological polar surface area (TPSA) is 53.0 Å². The summed E-state index contributed by atoms with van der Waals surface area (Å²) in [7, 11) is 1.99. The maximum absolute atomic E-state index is 12.7. The van der Waals surface area contributed by atoms with Gasteiger partial charge in [-0.1, -0.05) is 0 Å². The first-order chi connectivity index (χ1) is 9.52. The molecular formula is C15H28N2O3. The molecule has 0 saturated carbocycles. The third kappa shape index (κ3) is 2.85. The fraction of sp³-hybridized carbons (Fsp3) is 0.933. The van der Waals surface area contributed by atoms with Crippen LogP contribution in [0.3, 0.4) is 0 Å². The van der Waals surface area contributed by atoms with Crippen LogP contribution in [0, 0.1) is 0 Å². The van der Waals surface area contributed by atoms with E-state index < -0.39 is 0 Å². The number of piperidine rings is 1. The Morgan fingerprint density at radius 2 is 2.10 bits per heavy atom. The molecule has 1 amide bonds. The number of hydrogen-bond acceptors (Lipinski definition) is 4. The van der Waals surface area contributed by atoms with Crippen LogP contribution in [-0.4, -0.2) is 71.8 Å². The summed E-state index contributed by atoms with van der Waals surface area (Å²) in [6.07, 6.45) is 3.52. The van der Waals surface area contributed by atoms with Crippen molar-refractivity contribution in [3.63, 3.8) is 0 Å². The molecule has 1 N–H and O–H groups in total. The molecule has 5 nitrogen and oxygen atoms in total. The lowest BCUT2D eigenvalue weighted by atomic mass is 9.86. The van der Waals surface area contributed by atoms with Gasteiger partial charge in [-0.05, 0) is 46.6 Å². The fourth-order valence-electron chi connectivity index (χ4n) is 3.46. The highest BCUT2D eigenvalue weighted by Gasteiger charge is 2.43. The number of ether oxygens (including phenoxy) is 1. The second-order valence-corrected chi connectivity index (χ2v) is 6.39. The molecular weight excluding hydrogens is 256 g/mol. The van der Waals surface area contributed by atoms with E-state index in [4.69, 9.17) is 4.74 Å². The molecule has 2 heterocycles. The lowest BCUT2D eigenvalue weighted by Crippen LogP contribution is -2.62. The van der Waals surface area contributed by atoms with Gasteiger partial charge in [0.15, 0.2) is 0 Å². The summed E-state index contributed by atoms with van der Waals surface area (Å²) in [5, 5.41) is 9.88. The molecule has 1 unspecified atom stereocenters. The number of amides is 1. The minimum absolute atomic E-state index is 0.0956. The largest absolute Gasteiger partial charge is 0.394 e. The molecule has 0 aromatic heterocycles. The second-order valence-electron chi connectivity index (χ2n) is 6.39. The molecule has 2 saturated heterocycles. The Labute approximate surface area is 121 Å². The number of likely N-dealkylation sites (N-methyl/N-ethyl adjacent to an activating group) is 1. The van der Waals surface area contributed by atoms with Gasteiger partial charge in [-0.3, -0.25) is 9.69 Å². The monoisotopic (exact) mass is 284 g/mol. The summed E-state index contributed by atoms with van der Waals surface area (Å²) in [5.74, 6) is 0.216. The van der Waals surface area contributed by atoms with E-state index in [0.29, 0.717) is 13.2 Å². The first-order valence-corrected chi connectivity index (χ1v) is 7.74. The van der Waals surface area contributed by atoms with Gasteiger partial charge in [0.1, 0.15) is 0 Å². The first-order valence-electron chi connectivity index (χ1n) is 7.74. The van der Waals surface area contributed by atoms with E-state index in [0.717, 1.165) is 32.2 Å². The first kappa shape index (κ1) is 15.7. The predicted molar refractivity (Wildman–Crippen MR) is 77.5 cm³/mol. The average molecular weight is 284 g/mol. The lowest BCUT2D eigenvalue weighted by Gasteiger charge is -2.49. The van der Waals surface area contributed by atoms with Crippen molar-refractivity contribution in [3.8, 4) is 0 Å². The van der Waals surface area contributed by atoms with Crippen molar-refractivity contribution >= 4 is 5.91 Å². The van der Waals surface area contributed by atoms with Gasteiger partial charge in [0.05, 0.1) is 12.6 Å². The van der Waals surface area contributed by atoms with Gasteiger partial charge >= 0.3 is 0 Å². The quantitative estimate of drug-likeness (QED) is 0.832. The molecule has 0 aromatic rings. The summed E-state index contributed by atoms with van der Waals surface area (Å²) >= 11 is 0. The molecule has 2 aliphatic heterocycles. The number of carbonyl (C=O) groups excluding carboxylic acids is 1. The summed E-state index contributed by atoms with van der Waals surface area (Å²) in [4.78, 5) is 16.8. The van der Waals surface area contributed by atoms with Gasteiger partial charge in [0.2, 0.25) is 5.91 Å². The SMILES string of the molecule is CC(C)N1CCCC(N(C)C2(CO)CCOCC2)C1=O. The number of aliphatic hydroxyl groups is 1. The summed E-state index contributed by atoms with van der Waals surface area (Å²) < 4.78 is 5.42. The van der Waals surface area contributed by atoms with Crippen LogP contribution in [-0.2, 0) is 9.53 Å². The molecule has 2 rings (SSSR count). The van der Waals surface area contributed by atoms with Gasteiger partial charge in [0, 0.05) is 31.3 Å². The molecule has 20 heavy (non-hydrogen) atoms. The summed E-state index contributed by atoms with van der Waals surface area (Å²) in [6.45, 7) is 6.42. The maximum atomic E-state index is 12.7. The van der Waals surface area contributed by atoms with Crippen molar-refractivity contribution < 1.29 is 14.6 Å². The zero-order valence-corrected chi connectivity index (χ0v) is 13.0. The number of likely N-dealkylation sites (tertiary alicyclic amines) is 1. The zero-order chi connectivity index (χ0) is 14.8. The van der Waals surface area contributed by atoms with Gasteiger partial charge < -0.3 is 14.7 Å². The van der Waals surface area contributed by atoms with Crippen molar-refractivity contribution in [2.75, 3.05) is 33.4 Å². The molecule has 0 spiro atoms. The van der Waals surface area contributed by atoms with E-state index >= 15 is 0 Å². The minimum atomic E-state index is -0.293. The minimum Gasteiger partial charge on any atom is -0.394 e. The second kappa shape index (κ2) is 6.41. The van der Waals surface area contributed by atoms with Gasteiger partial charge in [-0.2, -0.15) is 0 Å². The predicted octanol–water partition coefficient (Wildman–Crippen LogP) is 0.859. The van der Waals surface area contributed by atoms with Crippen molar-refractivity contribution in [2.45, 2.75) is 57.2 Å². The number of aliphatic hydroxyl groups excluding tert-OH is 1. The Bertz CT molecular complexity index is 340. The average Bonchev–Trinajstić information content (AvgIpc) is 2.47. The smallest absolute Gasteiger partial charge is 0.240 e. The summed E-state index contributed by atoms with van der Waals surface area (Å²) in [5.41, 5.74) is -0.293. The van der Waals surface area contributed by atoms with Crippen LogP contribution in [0.1, 0.15) is 39.5 Å². The van der Waals surface area contributed by atoms with Gasteiger partial charge in [0.25, 0.3) is 0 Å². The van der Waals surface area contributed by atoms with Crippen LogP contribution in [0.25, 0.3) is 0 Å². The normalized spacial score (nSPS) is 27.4. The molecule has 116 valence electrons. The fourth-order valence-corrected chi connectivity index (χ4v) is 3.46. The molecule has 5 heteroatoms. The van der Waals surface area contributed by atoms with E-state index in [1.807, 2.05) is 11.9 Å². The molecule has 0 aliphatic carbocycles. The van der Waals surface area contributed by atoms with Crippen LogP contribution in [0.2, 0.25) is 0 Å². The van der Waals surface area contributed by atoms with Crippen molar-refractivity contribution in [2.24, 2.45) is 0 Å². The van der Waals surface area contributed by atoms with Crippen LogP contribution >= 0.6 is 0 Å². The highest BCUT2D eigenvalue weighted by atomic mass is 16.5. The van der Waals surface area contributed by atoms with Crippen molar-refractivity contribution in [3.05, 3.63) is 0 Å². The van der Waals surface area contributed by atoms with E-state index in [-0.39, 0.29) is 30.1 Å². The number of rotatable bonds is 4. The molecule has 2 aliphatic rings. The Hall–Kier alpha value is -0.650. The molecule has 0 aromatic carbocycles. The standard InChI is InChI=1S/C15H28N2O3/c1-12(2)17-8-4-5-13(14(17)19)16(3)15(11-18)6-9-20-10-7-15/h12-13,18H,4-11H2,1-3H3. The number of carbonyl (C=O) groups is 1. The third-order valence-electron chi connectivity index (χ3n) is 5.00.